The molecule has 10 heteroatoms. The second-order valence-electron chi connectivity index (χ2n) is 5.13. The summed E-state index contributed by atoms with van der Waals surface area (Å²) < 4.78 is 10.7. The van der Waals surface area contributed by atoms with Gasteiger partial charge in [0.15, 0.2) is 12.6 Å². The van der Waals surface area contributed by atoms with Gasteiger partial charge < -0.3 is 19.8 Å². The van der Waals surface area contributed by atoms with E-state index in [-0.39, 0.29) is 0 Å². The molecule has 2 aromatic heterocycles. The van der Waals surface area contributed by atoms with Crippen LogP contribution in [0.25, 0.3) is 10.8 Å². The first-order valence-corrected chi connectivity index (χ1v) is 8.19. The summed E-state index contributed by atoms with van der Waals surface area (Å²) in [6.45, 7) is 2.99. The number of hydrogen-bond donors (Lipinski definition) is 3. The number of methoxy groups -OCH3 is 1. The van der Waals surface area contributed by atoms with Crippen molar-refractivity contribution in [2.75, 3.05) is 20.3 Å². The lowest BCUT2D eigenvalue weighted by molar-refractivity contribution is -0.929. The Morgan fingerprint density at radius 3 is 2.92 bits per heavy atom. The quantitative estimate of drug-likeness (QED) is 0.582. The average Bonchev–Trinajstić information content (AvgIpc) is 3.21. The number of hydrogen-bond acceptors (Lipinski definition) is 7. The number of ether oxygens (including phenoxy) is 1. The maximum atomic E-state index is 12.0. The molecule has 130 valence electrons. The van der Waals surface area contributed by atoms with Crippen molar-refractivity contribution in [2.24, 2.45) is 5.73 Å². The third-order valence-electron chi connectivity index (χ3n) is 3.46. The van der Waals surface area contributed by atoms with Gasteiger partial charge in [0.1, 0.15) is 6.54 Å². The van der Waals surface area contributed by atoms with Crippen LogP contribution >= 0.6 is 11.3 Å². The minimum absolute atomic E-state index is 0.328. The number of quaternary nitrogens is 1. The smallest absolute Gasteiger partial charge is 0.319 e. The lowest BCUT2D eigenvalue weighted by Crippen LogP contribution is -3.16. The van der Waals surface area contributed by atoms with E-state index < -0.39 is 18.0 Å². The Labute approximate surface area is 142 Å². The predicted molar refractivity (Wildman–Crippen MR) is 86.2 cm³/mol. The Bertz CT molecular complexity index is 673. The van der Waals surface area contributed by atoms with E-state index in [1.807, 2.05) is 17.5 Å². The molecule has 0 spiro atoms. The highest BCUT2D eigenvalue weighted by Gasteiger charge is 2.28. The summed E-state index contributed by atoms with van der Waals surface area (Å²) in [6.07, 6.45) is 0. The third-order valence-corrected chi connectivity index (χ3v) is 4.31. The number of aromatic nitrogens is 2. The topological polar surface area (TPSA) is 125 Å². The second kappa shape index (κ2) is 8.52. The largest absolute Gasteiger partial charge is 0.414 e. The molecule has 2 aromatic rings. The fraction of sp³-hybridized carbons (Fsp3) is 0.429. The molecule has 2 atom stereocenters. The van der Waals surface area contributed by atoms with Gasteiger partial charge in [-0.3, -0.25) is 10.1 Å². The number of primary amides is 1. The van der Waals surface area contributed by atoms with E-state index in [4.69, 9.17) is 14.9 Å². The minimum Gasteiger partial charge on any atom is -0.414 e. The number of rotatable bonds is 8. The van der Waals surface area contributed by atoms with E-state index in [1.54, 1.807) is 14.0 Å². The molecule has 0 fully saturated rings. The van der Waals surface area contributed by atoms with Crippen LogP contribution in [-0.2, 0) is 16.1 Å². The first-order chi connectivity index (χ1) is 11.5. The molecule has 1 unspecified atom stereocenters. The number of nitrogens with one attached hydrogen (secondary N) is 2. The SMILES string of the molecule is COCC[NH+](Cc1nnc(-c2cccs2)o1)[C@H](C)C(=O)NC(N)=O. The highest BCUT2D eigenvalue weighted by atomic mass is 32.1. The van der Waals surface area contributed by atoms with Crippen molar-refractivity contribution in [3.63, 3.8) is 0 Å². The summed E-state index contributed by atoms with van der Waals surface area (Å²) >= 11 is 1.50. The Kier molecular flexibility index (Phi) is 6.41. The summed E-state index contributed by atoms with van der Waals surface area (Å²) in [5, 5.41) is 12.1. The van der Waals surface area contributed by atoms with Crippen LogP contribution in [0, 0.1) is 0 Å². The van der Waals surface area contributed by atoms with Gasteiger partial charge in [0.25, 0.3) is 17.7 Å². The zero-order chi connectivity index (χ0) is 17.5. The van der Waals surface area contributed by atoms with Crippen molar-refractivity contribution in [3.8, 4) is 10.8 Å². The molecule has 4 N–H and O–H groups in total. The van der Waals surface area contributed by atoms with E-state index in [1.165, 1.54) is 11.3 Å². The monoisotopic (exact) mass is 354 g/mol. The van der Waals surface area contributed by atoms with Crippen LogP contribution in [0.2, 0.25) is 0 Å². The number of urea groups is 1. The van der Waals surface area contributed by atoms with Gasteiger partial charge in [-0.05, 0) is 18.4 Å². The van der Waals surface area contributed by atoms with Crippen LogP contribution in [0.5, 0.6) is 0 Å². The highest BCUT2D eigenvalue weighted by molar-refractivity contribution is 7.13. The standard InChI is InChI=1S/C14H19N5O4S/c1-9(12(20)16-14(15)21)19(5-6-22-2)8-11-17-18-13(23-11)10-4-3-7-24-10/h3-4,7,9H,5-6,8H2,1-2H3,(H3,15,16,20,21)/p+1/t9-/m1/s1. The number of imide groups is 1. The zero-order valence-electron chi connectivity index (χ0n) is 13.4. The van der Waals surface area contributed by atoms with Crippen molar-refractivity contribution in [3.05, 3.63) is 23.4 Å². The Morgan fingerprint density at radius 2 is 2.29 bits per heavy atom. The summed E-state index contributed by atoms with van der Waals surface area (Å²) in [4.78, 5) is 24.6. The Morgan fingerprint density at radius 1 is 1.50 bits per heavy atom. The van der Waals surface area contributed by atoms with E-state index in [2.05, 4.69) is 15.5 Å². The number of carbonyl (C=O) groups excluding carboxylic acids is 2. The maximum absolute atomic E-state index is 12.0. The lowest BCUT2D eigenvalue weighted by atomic mass is 10.2. The molecule has 0 saturated carbocycles. The Balaban J connectivity index is 2.07. The van der Waals surface area contributed by atoms with Gasteiger partial charge in [-0.25, -0.2) is 4.79 Å². The molecule has 0 aliphatic heterocycles. The predicted octanol–water partition coefficient (Wildman–Crippen LogP) is -0.587. The van der Waals surface area contributed by atoms with Crippen LogP contribution in [0.4, 0.5) is 4.79 Å². The Hall–Kier alpha value is -2.30. The molecule has 2 heterocycles. The molecule has 0 aromatic carbocycles. The molecule has 24 heavy (non-hydrogen) atoms. The molecule has 9 nitrogen and oxygen atoms in total. The number of thiophene rings is 1. The van der Waals surface area contributed by atoms with Crippen molar-refractivity contribution >= 4 is 23.3 Å². The highest BCUT2D eigenvalue weighted by Crippen LogP contribution is 2.22. The fourth-order valence-electron chi connectivity index (χ4n) is 2.13. The van der Waals surface area contributed by atoms with Gasteiger partial charge in [-0.15, -0.1) is 21.5 Å². The number of nitrogens with zero attached hydrogens (tertiary/aromatic N) is 2. The number of nitrogens with two attached hydrogens (primary N) is 1. The summed E-state index contributed by atoms with van der Waals surface area (Å²) in [7, 11) is 1.58. The van der Waals surface area contributed by atoms with Crippen molar-refractivity contribution in [1.82, 2.24) is 15.5 Å². The first kappa shape index (κ1) is 18.0. The zero-order valence-corrected chi connectivity index (χ0v) is 14.3. The van der Waals surface area contributed by atoms with Crippen molar-refractivity contribution in [1.29, 1.82) is 0 Å². The molecular formula is C14H20N5O4S+. The van der Waals surface area contributed by atoms with E-state index in [9.17, 15) is 9.59 Å². The van der Waals surface area contributed by atoms with Gasteiger partial charge >= 0.3 is 6.03 Å². The van der Waals surface area contributed by atoms with Gasteiger partial charge in [0.2, 0.25) is 0 Å². The summed E-state index contributed by atoms with van der Waals surface area (Å²) in [6, 6.07) is 2.37. The minimum atomic E-state index is -0.879. The van der Waals surface area contributed by atoms with Gasteiger partial charge in [0.05, 0.1) is 11.5 Å². The average molecular weight is 354 g/mol. The van der Waals surface area contributed by atoms with E-state index in [0.29, 0.717) is 31.5 Å². The second-order valence-corrected chi connectivity index (χ2v) is 6.08. The summed E-state index contributed by atoms with van der Waals surface area (Å²) in [5.41, 5.74) is 5.00. The molecule has 2 rings (SSSR count). The van der Waals surface area contributed by atoms with Crippen LogP contribution in [0.1, 0.15) is 12.8 Å². The maximum Gasteiger partial charge on any atom is 0.319 e. The molecule has 0 aliphatic carbocycles. The van der Waals surface area contributed by atoms with Gasteiger partial charge in [0, 0.05) is 7.11 Å². The van der Waals surface area contributed by atoms with Crippen LogP contribution in [0.15, 0.2) is 21.9 Å². The van der Waals surface area contributed by atoms with Crippen LogP contribution < -0.4 is 16.0 Å². The first-order valence-electron chi connectivity index (χ1n) is 7.31. The fourth-order valence-corrected chi connectivity index (χ4v) is 2.77. The molecule has 0 bridgehead atoms. The van der Waals surface area contributed by atoms with Gasteiger partial charge in [-0.2, -0.15) is 0 Å². The number of carbonyl (C=O) groups is 2. The van der Waals surface area contributed by atoms with Crippen LogP contribution in [0.3, 0.4) is 0 Å². The molecule has 3 amide bonds. The normalized spacial score (nSPS) is 13.4. The summed E-state index contributed by atoms with van der Waals surface area (Å²) in [5.74, 6) is 0.384. The van der Waals surface area contributed by atoms with Gasteiger partial charge in [-0.1, -0.05) is 6.07 Å². The molecular weight excluding hydrogens is 334 g/mol. The molecule has 0 radical (unpaired) electrons. The molecule has 0 aliphatic rings. The van der Waals surface area contributed by atoms with Crippen LogP contribution in [-0.4, -0.2) is 48.4 Å². The molecule has 0 saturated heterocycles. The van der Waals surface area contributed by atoms with E-state index in [0.717, 1.165) is 9.78 Å². The third kappa shape index (κ3) is 4.85. The lowest BCUT2D eigenvalue weighted by Gasteiger charge is -2.23. The van der Waals surface area contributed by atoms with Crippen molar-refractivity contribution in [2.45, 2.75) is 19.5 Å². The van der Waals surface area contributed by atoms with E-state index >= 15 is 0 Å². The number of amides is 3. The van der Waals surface area contributed by atoms with Crippen molar-refractivity contribution < 1.29 is 23.6 Å².